The fraction of sp³-hybridized carbons (Fsp3) is 0.462. The van der Waals surface area contributed by atoms with E-state index in [0.29, 0.717) is 11.3 Å². The molecule has 0 saturated heterocycles. The Hall–Kier alpha value is -1.60. The van der Waals surface area contributed by atoms with Gasteiger partial charge in [0.25, 0.3) is 0 Å². The second-order valence-corrected chi connectivity index (χ2v) is 6.83. The Morgan fingerprint density at radius 3 is 2.60 bits per heavy atom. The van der Waals surface area contributed by atoms with E-state index in [4.69, 9.17) is 0 Å². The lowest BCUT2D eigenvalue weighted by molar-refractivity contribution is -0.139. The van der Waals surface area contributed by atoms with Crippen LogP contribution in [0.15, 0.2) is 24.3 Å². The number of aliphatic carboxylic acids is 1. The molecule has 0 bridgehead atoms. The maximum atomic E-state index is 12.3. The highest BCUT2D eigenvalue weighted by Crippen LogP contribution is 2.37. The van der Waals surface area contributed by atoms with E-state index >= 15 is 0 Å². The third kappa shape index (κ3) is 2.38. The molecule has 1 unspecified atom stereocenters. The molecular weight excluding hydrogens is 280 g/mol. The summed E-state index contributed by atoms with van der Waals surface area (Å²) in [5, 5.41) is 9.25. The number of para-hydroxylation sites is 1. The van der Waals surface area contributed by atoms with Crippen molar-refractivity contribution in [3.05, 3.63) is 29.8 Å². The molecule has 1 aromatic rings. The van der Waals surface area contributed by atoms with Crippen LogP contribution in [0.3, 0.4) is 0 Å². The molecule has 0 amide bonds. The quantitative estimate of drug-likeness (QED) is 0.870. The number of anilines is 1. The molecule has 0 radical (unpaired) electrons. The van der Waals surface area contributed by atoms with Gasteiger partial charge in [0.15, 0.2) is 0 Å². The molecule has 108 valence electrons. The highest BCUT2D eigenvalue weighted by Gasteiger charge is 2.37. The number of hydrogen-bond donors (Lipinski definition) is 2. The van der Waals surface area contributed by atoms with Crippen molar-refractivity contribution in [1.29, 1.82) is 0 Å². The Bertz CT molecular complexity index is 640. The first-order valence-corrected chi connectivity index (χ1v) is 8.05. The largest absolute Gasteiger partial charge is 0.481 e. The van der Waals surface area contributed by atoms with Crippen molar-refractivity contribution in [2.24, 2.45) is 0 Å². The van der Waals surface area contributed by atoms with E-state index in [0.717, 1.165) is 12.8 Å². The summed E-state index contributed by atoms with van der Waals surface area (Å²) in [4.78, 5) is 11.3. The molecule has 1 atom stereocenters. The predicted molar refractivity (Wildman–Crippen MR) is 73.9 cm³/mol. The number of carbonyl (C=O) groups is 1. The van der Waals surface area contributed by atoms with Crippen LogP contribution in [-0.2, 0) is 15.0 Å². The fourth-order valence-corrected chi connectivity index (χ4v) is 4.07. The number of rotatable bonds is 4. The number of nitrogens with zero attached hydrogens (tertiary/aromatic N) is 1. The summed E-state index contributed by atoms with van der Waals surface area (Å²) in [7, 11) is -3.59. The van der Waals surface area contributed by atoms with Gasteiger partial charge in [0.05, 0.1) is 11.6 Å². The molecular formula is C13H16N2O4S. The van der Waals surface area contributed by atoms with Crippen LogP contribution in [0.1, 0.15) is 30.7 Å². The minimum Gasteiger partial charge on any atom is -0.481 e. The SMILES string of the molecule is O=C(O)C1CCN(S(=O)(=O)NC2CC2)c2ccccc21. The van der Waals surface area contributed by atoms with Gasteiger partial charge in [-0.05, 0) is 30.9 Å². The number of carboxylic acid groups (broad SMARTS) is 1. The number of nitrogens with one attached hydrogen (secondary N) is 1. The molecule has 1 saturated carbocycles. The van der Waals surface area contributed by atoms with Crippen molar-refractivity contribution >= 4 is 21.9 Å². The van der Waals surface area contributed by atoms with Gasteiger partial charge in [0.1, 0.15) is 0 Å². The Labute approximate surface area is 117 Å². The van der Waals surface area contributed by atoms with E-state index in [9.17, 15) is 18.3 Å². The lowest BCUT2D eigenvalue weighted by Crippen LogP contribution is -2.45. The summed E-state index contributed by atoms with van der Waals surface area (Å²) in [6, 6.07) is 6.84. The average molecular weight is 296 g/mol. The molecule has 20 heavy (non-hydrogen) atoms. The Morgan fingerprint density at radius 2 is 1.95 bits per heavy atom. The minimum atomic E-state index is -3.59. The maximum absolute atomic E-state index is 12.3. The summed E-state index contributed by atoms with van der Waals surface area (Å²) in [5.74, 6) is -1.55. The van der Waals surface area contributed by atoms with Gasteiger partial charge < -0.3 is 5.11 Å². The number of carboxylic acids is 1. The van der Waals surface area contributed by atoms with Crippen LogP contribution in [0.2, 0.25) is 0 Å². The average Bonchev–Trinajstić information content (AvgIpc) is 3.20. The minimum absolute atomic E-state index is 0.0318. The molecule has 7 heteroatoms. The van der Waals surface area contributed by atoms with Crippen molar-refractivity contribution in [2.45, 2.75) is 31.2 Å². The zero-order chi connectivity index (χ0) is 14.3. The second-order valence-electron chi connectivity index (χ2n) is 5.21. The second kappa shape index (κ2) is 4.75. The lowest BCUT2D eigenvalue weighted by Gasteiger charge is -2.33. The van der Waals surface area contributed by atoms with Crippen LogP contribution >= 0.6 is 0 Å². The zero-order valence-corrected chi connectivity index (χ0v) is 11.6. The first-order chi connectivity index (χ1) is 9.49. The van der Waals surface area contributed by atoms with Gasteiger partial charge in [-0.2, -0.15) is 13.1 Å². The molecule has 2 aliphatic rings. The van der Waals surface area contributed by atoms with Crippen LogP contribution < -0.4 is 9.03 Å². The molecule has 3 rings (SSSR count). The van der Waals surface area contributed by atoms with Crippen molar-refractivity contribution < 1.29 is 18.3 Å². The third-order valence-electron chi connectivity index (χ3n) is 3.68. The standard InChI is InChI=1S/C13H16N2O4S/c16-13(17)11-7-8-15(12-4-2-1-3-10(11)12)20(18,19)14-9-5-6-9/h1-4,9,11,14H,5-8H2,(H,16,17). The molecule has 6 nitrogen and oxygen atoms in total. The normalized spacial score (nSPS) is 22.4. The van der Waals surface area contributed by atoms with Gasteiger partial charge in [0, 0.05) is 12.6 Å². The van der Waals surface area contributed by atoms with Crippen LogP contribution in [0.5, 0.6) is 0 Å². The van der Waals surface area contributed by atoms with E-state index < -0.39 is 22.1 Å². The molecule has 2 N–H and O–H groups in total. The molecule has 1 aliphatic heterocycles. The Balaban J connectivity index is 1.98. The van der Waals surface area contributed by atoms with E-state index in [2.05, 4.69) is 4.72 Å². The topological polar surface area (TPSA) is 86.7 Å². The summed E-state index contributed by atoms with van der Waals surface area (Å²) >= 11 is 0. The van der Waals surface area contributed by atoms with Crippen molar-refractivity contribution in [3.8, 4) is 0 Å². The summed E-state index contributed by atoms with van der Waals surface area (Å²) < 4.78 is 28.6. The van der Waals surface area contributed by atoms with E-state index in [-0.39, 0.29) is 19.0 Å². The lowest BCUT2D eigenvalue weighted by atomic mass is 9.91. The summed E-state index contributed by atoms with van der Waals surface area (Å²) in [6.07, 6.45) is 2.02. The van der Waals surface area contributed by atoms with Crippen molar-refractivity contribution in [2.75, 3.05) is 10.8 Å². The number of benzene rings is 1. The summed E-state index contributed by atoms with van der Waals surface area (Å²) in [5.41, 5.74) is 1.03. The van der Waals surface area contributed by atoms with E-state index in [1.165, 1.54) is 4.31 Å². The van der Waals surface area contributed by atoms with Gasteiger partial charge in [-0.1, -0.05) is 18.2 Å². The molecule has 0 aromatic heterocycles. The third-order valence-corrected chi connectivity index (χ3v) is 5.27. The van der Waals surface area contributed by atoms with Crippen molar-refractivity contribution in [3.63, 3.8) is 0 Å². The number of hydrogen-bond acceptors (Lipinski definition) is 3. The van der Waals surface area contributed by atoms with Gasteiger partial charge in [-0.3, -0.25) is 9.10 Å². The maximum Gasteiger partial charge on any atom is 0.311 e. The first-order valence-electron chi connectivity index (χ1n) is 6.61. The van der Waals surface area contributed by atoms with E-state index in [1.807, 2.05) is 0 Å². The zero-order valence-electron chi connectivity index (χ0n) is 10.8. The number of fused-ring (bicyclic) bond motifs is 1. The summed E-state index contributed by atoms with van der Waals surface area (Å²) in [6.45, 7) is 0.191. The molecule has 1 aliphatic carbocycles. The van der Waals surface area contributed by atoms with E-state index in [1.54, 1.807) is 24.3 Å². The molecule has 0 spiro atoms. The smallest absolute Gasteiger partial charge is 0.311 e. The van der Waals surface area contributed by atoms with Crippen LogP contribution in [0.4, 0.5) is 5.69 Å². The first kappa shape index (κ1) is 13.4. The fourth-order valence-electron chi connectivity index (χ4n) is 2.51. The molecule has 1 aromatic carbocycles. The monoisotopic (exact) mass is 296 g/mol. The van der Waals surface area contributed by atoms with Gasteiger partial charge in [-0.15, -0.1) is 0 Å². The molecule has 1 fully saturated rings. The van der Waals surface area contributed by atoms with Gasteiger partial charge in [0.2, 0.25) is 0 Å². The highest BCUT2D eigenvalue weighted by atomic mass is 32.2. The van der Waals surface area contributed by atoms with Crippen LogP contribution in [-0.4, -0.2) is 32.1 Å². The molecule has 1 heterocycles. The Morgan fingerprint density at radius 1 is 1.25 bits per heavy atom. The van der Waals surface area contributed by atoms with Gasteiger partial charge in [-0.25, -0.2) is 0 Å². The van der Waals surface area contributed by atoms with Crippen molar-refractivity contribution in [1.82, 2.24) is 4.72 Å². The predicted octanol–water partition coefficient (Wildman–Crippen LogP) is 1.06. The van der Waals surface area contributed by atoms with Crippen LogP contribution in [0.25, 0.3) is 0 Å². The highest BCUT2D eigenvalue weighted by molar-refractivity contribution is 7.90. The Kier molecular flexibility index (Phi) is 3.18. The van der Waals surface area contributed by atoms with Crippen LogP contribution in [0, 0.1) is 0 Å². The van der Waals surface area contributed by atoms with Gasteiger partial charge >= 0.3 is 16.2 Å².